The fraction of sp³-hybridized carbons (Fsp3) is 0.333. The van der Waals surface area contributed by atoms with E-state index >= 15 is 0 Å². The number of benzene rings is 2. The number of carbonyl (C=O) groups is 1. The van der Waals surface area contributed by atoms with Crippen LogP contribution in [-0.2, 0) is 9.53 Å². The molecule has 0 spiro atoms. The lowest BCUT2D eigenvalue weighted by Gasteiger charge is -2.23. The van der Waals surface area contributed by atoms with Crippen LogP contribution in [0.4, 0.5) is 9.52 Å². The van der Waals surface area contributed by atoms with Crippen molar-refractivity contribution >= 4 is 32.6 Å². The van der Waals surface area contributed by atoms with E-state index in [1.807, 2.05) is 31.2 Å². The number of amides is 1. The molecule has 2 heterocycles. The summed E-state index contributed by atoms with van der Waals surface area (Å²) in [5, 5.41) is 0.537. The Morgan fingerprint density at radius 3 is 3.00 bits per heavy atom. The van der Waals surface area contributed by atoms with Gasteiger partial charge in [0, 0.05) is 6.61 Å². The molecule has 1 aromatic heterocycles. The smallest absolute Gasteiger partial charge is 0.266 e. The van der Waals surface area contributed by atoms with Gasteiger partial charge in [-0.25, -0.2) is 9.37 Å². The molecule has 0 aliphatic carbocycles. The van der Waals surface area contributed by atoms with E-state index in [1.165, 1.54) is 23.5 Å². The maximum atomic E-state index is 13.5. The van der Waals surface area contributed by atoms with Crippen LogP contribution in [0.2, 0.25) is 0 Å². The van der Waals surface area contributed by atoms with Gasteiger partial charge >= 0.3 is 0 Å². The van der Waals surface area contributed by atoms with E-state index in [0.717, 1.165) is 18.4 Å². The number of ether oxygens (including phenoxy) is 2. The van der Waals surface area contributed by atoms with Gasteiger partial charge in [-0.15, -0.1) is 0 Å². The molecule has 7 heteroatoms. The quantitative estimate of drug-likeness (QED) is 0.618. The molecule has 4 rings (SSSR count). The fourth-order valence-corrected chi connectivity index (χ4v) is 4.23. The van der Waals surface area contributed by atoms with Crippen LogP contribution in [0.15, 0.2) is 42.5 Å². The number of nitrogens with zero attached hydrogens (tertiary/aromatic N) is 2. The minimum Gasteiger partial charge on any atom is -0.483 e. The first-order valence-electron chi connectivity index (χ1n) is 9.26. The first-order chi connectivity index (χ1) is 13.6. The maximum absolute atomic E-state index is 13.5. The van der Waals surface area contributed by atoms with Crippen molar-refractivity contribution in [3.05, 3.63) is 53.8 Å². The number of para-hydroxylation sites is 1. The standard InChI is InChI=1S/C21H21FN2O3S/c1-14-5-2-3-7-18(14)27-13-20(25)24(12-16-6-4-10-26-16)21-23-17-9-8-15(22)11-19(17)28-21/h2-3,5,7-9,11,16H,4,6,10,12-13H2,1H3. The fourth-order valence-electron chi connectivity index (χ4n) is 3.22. The van der Waals surface area contributed by atoms with E-state index in [-0.39, 0.29) is 24.4 Å². The van der Waals surface area contributed by atoms with Gasteiger partial charge in [-0.3, -0.25) is 9.69 Å². The monoisotopic (exact) mass is 400 g/mol. The molecular weight excluding hydrogens is 379 g/mol. The van der Waals surface area contributed by atoms with Gasteiger partial charge in [0.1, 0.15) is 11.6 Å². The zero-order valence-corrected chi connectivity index (χ0v) is 16.4. The van der Waals surface area contributed by atoms with Crippen molar-refractivity contribution in [1.29, 1.82) is 0 Å². The van der Waals surface area contributed by atoms with Crippen LogP contribution in [0.25, 0.3) is 10.2 Å². The van der Waals surface area contributed by atoms with Crippen molar-refractivity contribution in [2.24, 2.45) is 0 Å². The number of hydrogen-bond acceptors (Lipinski definition) is 5. The summed E-state index contributed by atoms with van der Waals surface area (Å²) in [5.41, 5.74) is 1.64. The van der Waals surface area contributed by atoms with Crippen LogP contribution >= 0.6 is 11.3 Å². The second-order valence-corrected chi connectivity index (χ2v) is 7.81. The highest BCUT2D eigenvalue weighted by Crippen LogP contribution is 2.30. The molecule has 0 radical (unpaired) electrons. The molecule has 1 saturated heterocycles. The van der Waals surface area contributed by atoms with Crippen LogP contribution in [0.1, 0.15) is 18.4 Å². The molecule has 1 unspecified atom stereocenters. The van der Waals surface area contributed by atoms with Gasteiger partial charge in [-0.1, -0.05) is 29.5 Å². The van der Waals surface area contributed by atoms with Crippen molar-refractivity contribution in [3.63, 3.8) is 0 Å². The van der Waals surface area contributed by atoms with Crippen molar-refractivity contribution in [3.8, 4) is 5.75 Å². The second-order valence-electron chi connectivity index (χ2n) is 6.80. The average Bonchev–Trinajstić information content (AvgIpc) is 3.34. The Balaban J connectivity index is 1.56. The van der Waals surface area contributed by atoms with Gasteiger partial charge in [0.05, 0.1) is 22.9 Å². The van der Waals surface area contributed by atoms with Crippen molar-refractivity contribution in [2.45, 2.75) is 25.9 Å². The topological polar surface area (TPSA) is 51.7 Å². The molecule has 1 aliphatic heterocycles. The van der Waals surface area contributed by atoms with E-state index in [1.54, 1.807) is 11.0 Å². The lowest BCUT2D eigenvalue weighted by Crippen LogP contribution is -2.40. The molecular formula is C21H21FN2O3S. The lowest BCUT2D eigenvalue weighted by molar-refractivity contribution is -0.120. The molecule has 0 N–H and O–H groups in total. The average molecular weight is 400 g/mol. The molecule has 1 atom stereocenters. The molecule has 5 nitrogen and oxygen atoms in total. The summed E-state index contributed by atoms with van der Waals surface area (Å²) < 4.78 is 25.7. The normalized spacial score (nSPS) is 16.4. The number of aryl methyl sites for hydroxylation is 1. The van der Waals surface area contributed by atoms with E-state index in [9.17, 15) is 9.18 Å². The van der Waals surface area contributed by atoms with Gasteiger partial charge in [0.25, 0.3) is 5.91 Å². The number of hydrogen-bond donors (Lipinski definition) is 0. The van der Waals surface area contributed by atoms with Crippen molar-refractivity contribution in [2.75, 3.05) is 24.7 Å². The third kappa shape index (κ3) is 4.15. The number of fused-ring (bicyclic) bond motifs is 1. The SMILES string of the molecule is Cc1ccccc1OCC(=O)N(CC1CCCO1)c1nc2ccc(F)cc2s1. The molecule has 28 heavy (non-hydrogen) atoms. The molecule has 0 bridgehead atoms. The lowest BCUT2D eigenvalue weighted by atomic mass is 10.2. The van der Waals surface area contributed by atoms with Crippen LogP contribution in [0.5, 0.6) is 5.75 Å². The second kappa shape index (κ2) is 8.24. The first-order valence-corrected chi connectivity index (χ1v) is 10.1. The summed E-state index contributed by atoms with van der Waals surface area (Å²) in [6.45, 7) is 2.96. The highest BCUT2D eigenvalue weighted by molar-refractivity contribution is 7.22. The Kier molecular flexibility index (Phi) is 5.54. The minimum absolute atomic E-state index is 0.0221. The van der Waals surface area contributed by atoms with Crippen molar-refractivity contribution < 1.29 is 18.7 Å². The van der Waals surface area contributed by atoms with E-state index in [4.69, 9.17) is 9.47 Å². The van der Waals surface area contributed by atoms with Crippen molar-refractivity contribution in [1.82, 2.24) is 4.98 Å². The van der Waals surface area contributed by atoms with E-state index in [2.05, 4.69) is 4.98 Å². The van der Waals surface area contributed by atoms with E-state index < -0.39 is 0 Å². The summed E-state index contributed by atoms with van der Waals surface area (Å²) in [5.74, 6) is 0.167. The Bertz CT molecular complexity index is 985. The molecule has 1 aliphatic rings. The number of carbonyl (C=O) groups excluding carboxylic acids is 1. The number of rotatable bonds is 6. The summed E-state index contributed by atoms with van der Waals surface area (Å²) >= 11 is 1.30. The van der Waals surface area contributed by atoms with E-state index in [0.29, 0.717) is 34.2 Å². The third-order valence-electron chi connectivity index (χ3n) is 4.73. The Hall–Kier alpha value is -2.51. The third-order valence-corrected chi connectivity index (χ3v) is 5.77. The zero-order chi connectivity index (χ0) is 19.5. The van der Waals surface area contributed by atoms with Gasteiger partial charge in [0.15, 0.2) is 11.7 Å². The Morgan fingerprint density at radius 1 is 1.36 bits per heavy atom. The van der Waals surface area contributed by atoms with Crippen LogP contribution in [0, 0.1) is 12.7 Å². The summed E-state index contributed by atoms with van der Waals surface area (Å²) in [4.78, 5) is 19.1. The molecule has 146 valence electrons. The minimum atomic E-state index is -0.317. The molecule has 3 aromatic rings. The van der Waals surface area contributed by atoms with Gasteiger partial charge in [0.2, 0.25) is 0 Å². The molecule has 1 fully saturated rings. The van der Waals surface area contributed by atoms with Crippen LogP contribution in [0.3, 0.4) is 0 Å². The predicted molar refractivity (Wildman–Crippen MR) is 108 cm³/mol. The molecule has 1 amide bonds. The predicted octanol–water partition coefficient (Wildman–Crippen LogP) is 4.33. The maximum Gasteiger partial charge on any atom is 0.266 e. The number of thiazole rings is 1. The Morgan fingerprint density at radius 2 is 2.21 bits per heavy atom. The van der Waals surface area contributed by atoms with Crippen LogP contribution in [-0.4, -0.2) is 36.8 Å². The first kappa shape index (κ1) is 18.8. The van der Waals surface area contributed by atoms with Gasteiger partial charge in [-0.2, -0.15) is 0 Å². The number of halogens is 1. The molecule has 0 saturated carbocycles. The molecule has 2 aromatic carbocycles. The highest BCUT2D eigenvalue weighted by Gasteiger charge is 2.26. The van der Waals surface area contributed by atoms with Crippen LogP contribution < -0.4 is 9.64 Å². The van der Waals surface area contributed by atoms with Gasteiger partial charge < -0.3 is 9.47 Å². The zero-order valence-electron chi connectivity index (χ0n) is 15.6. The summed E-state index contributed by atoms with van der Waals surface area (Å²) in [6, 6.07) is 12.0. The van der Waals surface area contributed by atoms with Gasteiger partial charge in [-0.05, 0) is 49.6 Å². The largest absolute Gasteiger partial charge is 0.483 e. The summed E-state index contributed by atoms with van der Waals surface area (Å²) in [6.07, 6.45) is 1.87. The number of aromatic nitrogens is 1. The highest BCUT2D eigenvalue weighted by atomic mass is 32.1. The summed E-state index contributed by atoms with van der Waals surface area (Å²) in [7, 11) is 0. The Labute approximate surface area is 166 Å². The number of anilines is 1.